The second-order valence-electron chi connectivity index (χ2n) is 5.90. The molecule has 0 atom stereocenters. The molecule has 2 aromatic heterocycles. The van der Waals surface area contributed by atoms with Crippen molar-refractivity contribution in [1.82, 2.24) is 9.97 Å². The second kappa shape index (κ2) is 7.39. The average Bonchev–Trinajstić information content (AvgIpc) is 2.99. The van der Waals surface area contributed by atoms with Crippen LogP contribution in [0.3, 0.4) is 0 Å². The Hall–Kier alpha value is -2.48. The summed E-state index contributed by atoms with van der Waals surface area (Å²) in [5.74, 6) is 0.415. The van der Waals surface area contributed by atoms with Gasteiger partial charge in [-0.05, 0) is 26.8 Å². The number of carbonyl (C=O) groups is 2. The van der Waals surface area contributed by atoms with Crippen molar-refractivity contribution in [2.75, 3.05) is 12.0 Å². The minimum atomic E-state index is -0.654. The Bertz CT molecular complexity index is 724. The van der Waals surface area contributed by atoms with Gasteiger partial charge in [-0.1, -0.05) is 17.4 Å². The van der Waals surface area contributed by atoms with Crippen molar-refractivity contribution in [1.29, 1.82) is 0 Å². The van der Waals surface area contributed by atoms with Gasteiger partial charge in [-0.2, -0.15) is 0 Å². The largest absolute Gasteiger partial charge is 0.481 e. The van der Waals surface area contributed by atoms with Gasteiger partial charge in [-0.15, -0.1) is 0 Å². The molecule has 8 heteroatoms. The minimum absolute atomic E-state index is 0.164. The number of aldehydes is 1. The van der Waals surface area contributed by atoms with Crippen LogP contribution in [0.5, 0.6) is 5.88 Å². The summed E-state index contributed by atoms with van der Waals surface area (Å²) >= 11 is 1.11. The lowest BCUT2D eigenvalue weighted by atomic mass is 10.2. The van der Waals surface area contributed by atoms with Crippen molar-refractivity contribution in [2.24, 2.45) is 0 Å². The van der Waals surface area contributed by atoms with E-state index in [-0.39, 0.29) is 6.54 Å². The summed E-state index contributed by atoms with van der Waals surface area (Å²) in [7, 11) is 1.51. The van der Waals surface area contributed by atoms with Crippen LogP contribution in [0.1, 0.15) is 36.0 Å². The zero-order valence-electron chi connectivity index (χ0n) is 14.0. The molecule has 1 amide bonds. The van der Waals surface area contributed by atoms with E-state index in [2.05, 4.69) is 9.97 Å². The highest BCUT2D eigenvalue weighted by atomic mass is 32.1. The third-order valence-electron chi connectivity index (χ3n) is 2.84. The molecule has 0 fully saturated rings. The smallest absolute Gasteiger partial charge is 0.416 e. The van der Waals surface area contributed by atoms with E-state index in [1.165, 1.54) is 18.2 Å². The fraction of sp³-hybridized carbons (Fsp3) is 0.375. The van der Waals surface area contributed by atoms with E-state index in [4.69, 9.17) is 9.47 Å². The van der Waals surface area contributed by atoms with Gasteiger partial charge in [0.15, 0.2) is 11.4 Å². The monoisotopic (exact) mass is 349 g/mol. The molecule has 0 saturated carbocycles. The molecule has 24 heavy (non-hydrogen) atoms. The van der Waals surface area contributed by atoms with Crippen LogP contribution in [0.4, 0.5) is 9.93 Å². The molecule has 0 aromatic carbocycles. The predicted octanol–water partition coefficient (Wildman–Crippen LogP) is 3.30. The van der Waals surface area contributed by atoms with Gasteiger partial charge in [0.05, 0.1) is 24.7 Å². The Morgan fingerprint density at radius 2 is 2.12 bits per heavy atom. The Labute approximate surface area is 144 Å². The van der Waals surface area contributed by atoms with E-state index in [1.807, 2.05) is 0 Å². The molecule has 2 aromatic rings. The Morgan fingerprint density at radius 1 is 1.38 bits per heavy atom. The van der Waals surface area contributed by atoms with Crippen LogP contribution in [0.2, 0.25) is 0 Å². The highest BCUT2D eigenvalue weighted by Crippen LogP contribution is 2.27. The molecule has 7 nitrogen and oxygen atoms in total. The van der Waals surface area contributed by atoms with Gasteiger partial charge >= 0.3 is 6.09 Å². The normalized spacial score (nSPS) is 11.0. The average molecular weight is 349 g/mol. The third kappa shape index (κ3) is 4.51. The van der Waals surface area contributed by atoms with Crippen LogP contribution in [-0.2, 0) is 11.3 Å². The number of carbonyl (C=O) groups excluding carboxylic acids is 2. The van der Waals surface area contributed by atoms with Gasteiger partial charge in [-0.3, -0.25) is 4.79 Å². The highest BCUT2D eigenvalue weighted by molar-refractivity contribution is 7.17. The topological polar surface area (TPSA) is 81.6 Å². The van der Waals surface area contributed by atoms with Crippen molar-refractivity contribution < 1.29 is 19.1 Å². The molecule has 0 aliphatic rings. The summed E-state index contributed by atoms with van der Waals surface area (Å²) < 4.78 is 10.7. The van der Waals surface area contributed by atoms with Crippen LogP contribution in [0.25, 0.3) is 0 Å². The van der Waals surface area contributed by atoms with Crippen LogP contribution in [0.15, 0.2) is 24.5 Å². The molecule has 2 heterocycles. The molecule has 0 bridgehead atoms. The van der Waals surface area contributed by atoms with Crippen molar-refractivity contribution >= 4 is 28.8 Å². The fourth-order valence-electron chi connectivity index (χ4n) is 1.88. The molecule has 0 unspecified atom stereocenters. The Balaban J connectivity index is 2.35. The minimum Gasteiger partial charge on any atom is -0.481 e. The number of ether oxygens (including phenoxy) is 2. The lowest BCUT2D eigenvalue weighted by molar-refractivity contribution is 0.0577. The van der Waals surface area contributed by atoms with Gasteiger partial charge in [0, 0.05) is 11.8 Å². The highest BCUT2D eigenvalue weighted by Gasteiger charge is 2.26. The second-order valence-corrected chi connectivity index (χ2v) is 6.94. The Morgan fingerprint density at radius 3 is 2.71 bits per heavy atom. The van der Waals surface area contributed by atoms with E-state index < -0.39 is 11.7 Å². The summed E-state index contributed by atoms with van der Waals surface area (Å²) in [6.45, 7) is 5.52. The maximum atomic E-state index is 12.6. The number of methoxy groups -OCH3 is 1. The predicted molar refractivity (Wildman–Crippen MR) is 90.7 cm³/mol. The Kier molecular flexibility index (Phi) is 5.50. The van der Waals surface area contributed by atoms with Gasteiger partial charge < -0.3 is 9.47 Å². The first-order valence-electron chi connectivity index (χ1n) is 7.23. The van der Waals surface area contributed by atoms with E-state index in [1.54, 1.807) is 39.1 Å². The number of aromatic nitrogens is 2. The number of amides is 1. The maximum Gasteiger partial charge on any atom is 0.416 e. The third-order valence-corrected chi connectivity index (χ3v) is 3.79. The molecule has 128 valence electrons. The van der Waals surface area contributed by atoms with Crippen molar-refractivity contribution in [2.45, 2.75) is 32.9 Å². The van der Waals surface area contributed by atoms with Crippen LogP contribution >= 0.6 is 11.3 Å². The van der Waals surface area contributed by atoms with Crippen molar-refractivity contribution in [3.05, 3.63) is 35.0 Å². The summed E-state index contributed by atoms with van der Waals surface area (Å²) in [5, 5.41) is 0.372. The molecule has 0 aliphatic heterocycles. The zero-order chi connectivity index (χ0) is 17.7. The van der Waals surface area contributed by atoms with Gasteiger partial charge in [-0.25, -0.2) is 19.7 Å². The molecular formula is C16H19N3O4S. The quantitative estimate of drug-likeness (QED) is 0.770. The molecule has 0 spiro atoms. The number of nitrogens with zero attached hydrogens (tertiary/aromatic N) is 3. The molecule has 0 radical (unpaired) electrons. The summed E-state index contributed by atoms with van der Waals surface area (Å²) in [6, 6.07) is 3.56. The van der Waals surface area contributed by atoms with E-state index >= 15 is 0 Å². The van der Waals surface area contributed by atoms with E-state index in [9.17, 15) is 9.59 Å². The molecule has 2 rings (SSSR count). The zero-order valence-corrected chi connectivity index (χ0v) is 14.8. The number of pyridine rings is 1. The van der Waals surface area contributed by atoms with Gasteiger partial charge in [0.1, 0.15) is 5.60 Å². The number of thiazole rings is 1. The van der Waals surface area contributed by atoms with Crippen molar-refractivity contribution in [3.63, 3.8) is 0 Å². The fourth-order valence-corrected chi connectivity index (χ4v) is 2.60. The number of rotatable bonds is 5. The number of hydrogen-bond acceptors (Lipinski definition) is 7. The summed E-state index contributed by atoms with van der Waals surface area (Å²) in [4.78, 5) is 33.5. The van der Waals surface area contributed by atoms with E-state index in [0.717, 1.165) is 11.3 Å². The van der Waals surface area contributed by atoms with E-state index in [0.29, 0.717) is 27.7 Å². The van der Waals surface area contributed by atoms with Crippen LogP contribution < -0.4 is 9.64 Å². The first-order chi connectivity index (χ1) is 11.3. The van der Waals surface area contributed by atoms with Crippen molar-refractivity contribution in [3.8, 4) is 5.88 Å². The summed E-state index contributed by atoms with van der Waals surface area (Å²) in [5.41, 5.74) is 0.0488. The SMILES string of the molecule is COc1ncccc1CN(C(=O)OC(C)(C)C)c1ncc(C=O)s1. The van der Waals surface area contributed by atoms with Gasteiger partial charge in [0.2, 0.25) is 5.88 Å². The molecule has 0 saturated heterocycles. The molecule has 0 N–H and O–H groups in total. The lowest BCUT2D eigenvalue weighted by Gasteiger charge is -2.26. The maximum absolute atomic E-state index is 12.6. The molecule has 0 aliphatic carbocycles. The van der Waals surface area contributed by atoms with Crippen LogP contribution in [-0.4, -0.2) is 35.1 Å². The molecular weight excluding hydrogens is 330 g/mol. The van der Waals surface area contributed by atoms with Crippen LogP contribution in [0, 0.1) is 0 Å². The number of anilines is 1. The summed E-state index contributed by atoms with van der Waals surface area (Å²) in [6.07, 6.45) is 3.16. The first-order valence-corrected chi connectivity index (χ1v) is 8.05. The number of hydrogen-bond donors (Lipinski definition) is 0. The lowest BCUT2D eigenvalue weighted by Crippen LogP contribution is -2.36. The standard InChI is InChI=1S/C16H19N3O4S/c1-16(2,3)23-15(21)19(14-18-8-12(10-20)24-14)9-11-6-5-7-17-13(11)22-4/h5-8,10H,9H2,1-4H3. The first kappa shape index (κ1) is 17.9. The van der Waals surface area contributed by atoms with Gasteiger partial charge in [0.25, 0.3) is 0 Å².